The molecule has 1 aromatic heterocycles. The number of aromatic amines is 1. The Morgan fingerprint density at radius 3 is 2.88 bits per heavy atom. The molecule has 17 heavy (non-hydrogen) atoms. The minimum atomic E-state index is -0.119. The van der Waals surface area contributed by atoms with Crippen molar-refractivity contribution >= 4 is 0 Å². The summed E-state index contributed by atoms with van der Waals surface area (Å²) < 4.78 is 5.70. The Bertz CT molecular complexity index is 461. The van der Waals surface area contributed by atoms with E-state index in [2.05, 4.69) is 9.97 Å². The Morgan fingerprint density at radius 2 is 2.24 bits per heavy atom. The van der Waals surface area contributed by atoms with Gasteiger partial charge in [0.05, 0.1) is 6.07 Å². The van der Waals surface area contributed by atoms with Gasteiger partial charge >= 0.3 is 0 Å². The predicted molar refractivity (Wildman–Crippen MR) is 63.0 cm³/mol. The van der Waals surface area contributed by atoms with Crippen LogP contribution in [0.2, 0.25) is 0 Å². The van der Waals surface area contributed by atoms with Gasteiger partial charge in [-0.15, -0.1) is 0 Å². The van der Waals surface area contributed by atoms with Crippen molar-refractivity contribution in [3.63, 3.8) is 0 Å². The van der Waals surface area contributed by atoms with Crippen molar-refractivity contribution < 1.29 is 4.74 Å². The van der Waals surface area contributed by atoms with E-state index < -0.39 is 0 Å². The summed E-state index contributed by atoms with van der Waals surface area (Å²) in [5, 5.41) is 0. The molecular formula is C12H17N3O2. The van der Waals surface area contributed by atoms with Crippen LogP contribution in [0.15, 0.2) is 10.9 Å². The number of rotatable bonds is 4. The lowest BCUT2D eigenvalue weighted by Gasteiger charge is -2.34. The van der Waals surface area contributed by atoms with Crippen molar-refractivity contribution in [1.29, 1.82) is 0 Å². The van der Waals surface area contributed by atoms with Gasteiger partial charge < -0.3 is 15.5 Å². The Kier molecular flexibility index (Phi) is 2.63. The third-order valence-electron chi connectivity index (χ3n) is 3.51. The highest BCUT2D eigenvalue weighted by molar-refractivity contribution is 5.14. The summed E-state index contributed by atoms with van der Waals surface area (Å²) in [5.74, 6) is 2.26. The molecule has 92 valence electrons. The number of hydrogen-bond donors (Lipinski definition) is 2. The van der Waals surface area contributed by atoms with E-state index in [0.29, 0.717) is 17.7 Å². The zero-order valence-corrected chi connectivity index (χ0v) is 9.69. The van der Waals surface area contributed by atoms with Crippen molar-refractivity contribution in [2.45, 2.75) is 37.7 Å². The molecule has 1 heterocycles. The van der Waals surface area contributed by atoms with Gasteiger partial charge in [0.2, 0.25) is 5.88 Å². The maximum absolute atomic E-state index is 11.5. The highest BCUT2D eigenvalue weighted by atomic mass is 16.5. The Balaban J connectivity index is 1.68. The molecule has 3 rings (SSSR count). The van der Waals surface area contributed by atoms with Crippen LogP contribution in [-0.4, -0.2) is 22.6 Å². The smallest absolute Gasteiger partial charge is 0.254 e. The van der Waals surface area contributed by atoms with Crippen LogP contribution in [0.3, 0.4) is 0 Å². The van der Waals surface area contributed by atoms with E-state index in [1.54, 1.807) is 0 Å². The SMILES string of the molecule is NCC1CC(Oc2cc(=O)[nH]c(C3CC3)n2)C1. The fourth-order valence-corrected chi connectivity index (χ4v) is 2.20. The maximum atomic E-state index is 11.5. The van der Waals surface area contributed by atoms with Gasteiger partial charge in [-0.3, -0.25) is 4.79 Å². The van der Waals surface area contributed by atoms with E-state index >= 15 is 0 Å². The molecule has 0 amide bonds. The third kappa shape index (κ3) is 2.34. The van der Waals surface area contributed by atoms with E-state index in [1.807, 2.05) is 0 Å². The topological polar surface area (TPSA) is 81.0 Å². The van der Waals surface area contributed by atoms with Gasteiger partial charge in [0.25, 0.3) is 5.56 Å². The molecular weight excluding hydrogens is 218 g/mol. The van der Waals surface area contributed by atoms with Crippen molar-refractivity contribution in [2.75, 3.05) is 6.54 Å². The average Bonchev–Trinajstić information content (AvgIpc) is 3.05. The molecule has 0 saturated heterocycles. The number of aromatic nitrogens is 2. The minimum absolute atomic E-state index is 0.119. The van der Waals surface area contributed by atoms with Crippen LogP contribution in [0.5, 0.6) is 5.88 Å². The minimum Gasteiger partial charge on any atom is -0.474 e. The molecule has 3 N–H and O–H groups in total. The normalized spacial score (nSPS) is 27.6. The second-order valence-corrected chi connectivity index (χ2v) is 5.06. The van der Waals surface area contributed by atoms with Crippen molar-refractivity contribution in [2.24, 2.45) is 11.7 Å². The predicted octanol–water partition coefficient (Wildman–Crippen LogP) is 0.763. The molecule has 0 bridgehead atoms. The first kappa shape index (κ1) is 10.8. The molecule has 0 unspecified atom stereocenters. The van der Waals surface area contributed by atoms with Crippen LogP contribution < -0.4 is 16.0 Å². The van der Waals surface area contributed by atoms with Crippen molar-refractivity contribution in [3.8, 4) is 5.88 Å². The molecule has 0 aromatic carbocycles. The first-order valence-electron chi connectivity index (χ1n) is 6.22. The number of ether oxygens (including phenoxy) is 1. The monoisotopic (exact) mass is 235 g/mol. The van der Waals surface area contributed by atoms with Gasteiger partial charge in [0.1, 0.15) is 11.9 Å². The molecule has 1 aromatic rings. The van der Waals surface area contributed by atoms with E-state index in [1.165, 1.54) is 6.07 Å². The molecule has 2 aliphatic carbocycles. The Morgan fingerprint density at radius 1 is 1.47 bits per heavy atom. The van der Waals surface area contributed by atoms with Gasteiger partial charge in [0, 0.05) is 5.92 Å². The quantitative estimate of drug-likeness (QED) is 0.807. The molecule has 0 radical (unpaired) electrons. The summed E-state index contributed by atoms with van der Waals surface area (Å²) in [6.07, 6.45) is 4.37. The lowest BCUT2D eigenvalue weighted by atomic mass is 9.82. The molecule has 5 heteroatoms. The van der Waals surface area contributed by atoms with Crippen LogP contribution in [-0.2, 0) is 0 Å². The summed E-state index contributed by atoms with van der Waals surface area (Å²) in [5.41, 5.74) is 5.44. The van der Waals surface area contributed by atoms with Crippen LogP contribution in [0.4, 0.5) is 0 Å². The van der Waals surface area contributed by atoms with E-state index in [9.17, 15) is 4.79 Å². The van der Waals surface area contributed by atoms with Gasteiger partial charge in [-0.2, -0.15) is 4.98 Å². The fourth-order valence-electron chi connectivity index (χ4n) is 2.20. The fraction of sp³-hybridized carbons (Fsp3) is 0.667. The summed E-state index contributed by atoms with van der Waals surface area (Å²) in [4.78, 5) is 18.6. The second kappa shape index (κ2) is 4.14. The molecule has 2 aliphatic rings. The largest absolute Gasteiger partial charge is 0.474 e. The molecule has 5 nitrogen and oxygen atoms in total. The summed E-state index contributed by atoms with van der Waals surface area (Å²) in [7, 11) is 0. The Hall–Kier alpha value is -1.36. The lowest BCUT2D eigenvalue weighted by molar-refractivity contribution is 0.0644. The maximum Gasteiger partial charge on any atom is 0.254 e. The van der Waals surface area contributed by atoms with Crippen molar-refractivity contribution in [1.82, 2.24) is 9.97 Å². The zero-order valence-electron chi connectivity index (χ0n) is 9.69. The van der Waals surface area contributed by atoms with Gasteiger partial charge in [0.15, 0.2) is 0 Å². The molecule has 2 saturated carbocycles. The highest BCUT2D eigenvalue weighted by Crippen LogP contribution is 2.38. The van der Waals surface area contributed by atoms with Crippen LogP contribution in [0.1, 0.15) is 37.4 Å². The number of nitrogens with zero attached hydrogens (tertiary/aromatic N) is 1. The number of hydrogen-bond acceptors (Lipinski definition) is 4. The van der Waals surface area contributed by atoms with E-state index in [4.69, 9.17) is 10.5 Å². The van der Waals surface area contributed by atoms with Crippen LogP contribution >= 0.6 is 0 Å². The summed E-state index contributed by atoms with van der Waals surface area (Å²) in [6, 6.07) is 1.43. The third-order valence-corrected chi connectivity index (χ3v) is 3.51. The van der Waals surface area contributed by atoms with Gasteiger partial charge in [-0.25, -0.2) is 0 Å². The summed E-state index contributed by atoms with van der Waals surface area (Å²) >= 11 is 0. The van der Waals surface area contributed by atoms with Gasteiger partial charge in [-0.1, -0.05) is 0 Å². The average molecular weight is 235 g/mol. The first-order chi connectivity index (χ1) is 8.24. The second-order valence-electron chi connectivity index (χ2n) is 5.06. The zero-order chi connectivity index (χ0) is 11.8. The molecule has 0 atom stereocenters. The molecule has 0 spiro atoms. The first-order valence-corrected chi connectivity index (χ1v) is 6.22. The van der Waals surface area contributed by atoms with E-state index in [-0.39, 0.29) is 11.7 Å². The standard InChI is InChI=1S/C12H17N3O2/c13-6-7-3-9(4-7)17-11-5-10(16)14-12(15-11)8-1-2-8/h5,7-9H,1-4,6,13H2,(H,14,15,16). The lowest BCUT2D eigenvalue weighted by Crippen LogP contribution is -2.38. The van der Waals surface area contributed by atoms with Gasteiger partial charge in [-0.05, 0) is 38.1 Å². The number of nitrogens with two attached hydrogens (primary N) is 1. The highest BCUT2D eigenvalue weighted by Gasteiger charge is 2.31. The molecule has 0 aliphatic heterocycles. The number of H-pyrrole nitrogens is 1. The van der Waals surface area contributed by atoms with E-state index in [0.717, 1.165) is 38.1 Å². The van der Waals surface area contributed by atoms with Crippen molar-refractivity contribution in [3.05, 3.63) is 22.2 Å². The van der Waals surface area contributed by atoms with Crippen LogP contribution in [0.25, 0.3) is 0 Å². The molecule has 2 fully saturated rings. The Labute approximate surface area is 99.4 Å². The summed E-state index contributed by atoms with van der Waals surface area (Å²) in [6.45, 7) is 0.718. The number of nitrogens with one attached hydrogen (secondary N) is 1. The van der Waals surface area contributed by atoms with Crippen LogP contribution in [0, 0.1) is 5.92 Å².